The molecule has 122 valence electrons. The minimum Gasteiger partial charge on any atom is -0.464 e. The fourth-order valence-electron chi connectivity index (χ4n) is 4.74. The van der Waals surface area contributed by atoms with Crippen LogP contribution in [0.5, 0.6) is 0 Å². The summed E-state index contributed by atoms with van der Waals surface area (Å²) in [6, 6.07) is 13.4. The van der Waals surface area contributed by atoms with Crippen LogP contribution in [0.4, 0.5) is 0 Å². The molecule has 0 N–H and O–H groups in total. The predicted octanol–water partition coefficient (Wildman–Crippen LogP) is 4.54. The molecule has 1 aliphatic carbocycles. The standard InChI is InChI=1S/C22H23NO/c1-23-12-10-19-17-6-2-4-15(17)8-9-18(19)21(14-23)20-7-3-5-16-11-13-24-22(16)20/h3,5,7-9,11,13,21H,2,4,6,10,12,14H2,1H3. The van der Waals surface area contributed by atoms with E-state index in [0.29, 0.717) is 5.92 Å². The van der Waals surface area contributed by atoms with Crippen molar-refractivity contribution in [2.75, 3.05) is 20.1 Å². The second kappa shape index (κ2) is 5.49. The summed E-state index contributed by atoms with van der Waals surface area (Å²) in [4.78, 5) is 2.48. The molecule has 2 heteroatoms. The molecule has 5 rings (SSSR count). The second-order valence-electron chi connectivity index (χ2n) is 7.38. The average molecular weight is 317 g/mol. The molecule has 1 unspecified atom stereocenters. The van der Waals surface area contributed by atoms with E-state index in [1.807, 2.05) is 6.26 Å². The van der Waals surface area contributed by atoms with Crippen molar-refractivity contribution in [3.63, 3.8) is 0 Å². The van der Waals surface area contributed by atoms with Gasteiger partial charge in [-0.05, 0) is 61.1 Å². The number of nitrogens with zero attached hydrogens (tertiary/aromatic N) is 1. The summed E-state index contributed by atoms with van der Waals surface area (Å²) in [5.41, 5.74) is 8.80. The minimum atomic E-state index is 0.397. The molecule has 0 amide bonds. The van der Waals surface area contributed by atoms with E-state index < -0.39 is 0 Å². The molecule has 0 saturated heterocycles. The monoisotopic (exact) mass is 317 g/mol. The third-order valence-corrected chi connectivity index (χ3v) is 5.94. The first-order valence-corrected chi connectivity index (χ1v) is 9.09. The van der Waals surface area contributed by atoms with E-state index in [4.69, 9.17) is 4.42 Å². The summed E-state index contributed by atoms with van der Waals surface area (Å²) < 4.78 is 5.87. The Bertz CT molecular complexity index is 907. The summed E-state index contributed by atoms with van der Waals surface area (Å²) in [5, 5.41) is 1.21. The zero-order chi connectivity index (χ0) is 16.1. The molecular formula is C22H23NO. The summed E-state index contributed by atoms with van der Waals surface area (Å²) in [6.07, 6.45) is 6.84. The van der Waals surface area contributed by atoms with Crippen LogP contribution in [-0.2, 0) is 19.3 Å². The fourth-order valence-corrected chi connectivity index (χ4v) is 4.74. The topological polar surface area (TPSA) is 16.4 Å². The third-order valence-electron chi connectivity index (χ3n) is 5.94. The van der Waals surface area contributed by atoms with Crippen LogP contribution in [-0.4, -0.2) is 25.0 Å². The molecule has 1 aliphatic heterocycles. The van der Waals surface area contributed by atoms with Gasteiger partial charge < -0.3 is 9.32 Å². The average Bonchev–Trinajstić information content (AvgIpc) is 3.23. The number of hydrogen-bond donors (Lipinski definition) is 0. The van der Waals surface area contributed by atoms with Gasteiger partial charge in [-0.2, -0.15) is 0 Å². The molecule has 2 nitrogen and oxygen atoms in total. The number of likely N-dealkylation sites (N-methyl/N-ethyl adjacent to an activating group) is 1. The van der Waals surface area contributed by atoms with Crippen LogP contribution in [0.15, 0.2) is 47.1 Å². The van der Waals surface area contributed by atoms with Gasteiger partial charge in [-0.15, -0.1) is 0 Å². The molecule has 2 aliphatic rings. The van der Waals surface area contributed by atoms with Crippen molar-refractivity contribution >= 4 is 11.0 Å². The predicted molar refractivity (Wildman–Crippen MR) is 97.7 cm³/mol. The zero-order valence-corrected chi connectivity index (χ0v) is 14.2. The molecule has 0 saturated carbocycles. The van der Waals surface area contributed by atoms with Crippen molar-refractivity contribution in [1.29, 1.82) is 0 Å². The highest BCUT2D eigenvalue weighted by Crippen LogP contribution is 2.39. The second-order valence-corrected chi connectivity index (χ2v) is 7.38. The highest BCUT2D eigenvalue weighted by molar-refractivity contribution is 5.81. The minimum absolute atomic E-state index is 0.397. The van der Waals surface area contributed by atoms with Gasteiger partial charge in [-0.25, -0.2) is 0 Å². The van der Waals surface area contributed by atoms with Crippen molar-refractivity contribution in [3.05, 3.63) is 70.5 Å². The Hall–Kier alpha value is -2.06. The molecule has 3 aromatic rings. The SMILES string of the molecule is CN1CCc2c(ccc3c2CCC3)C(c2cccc3ccoc23)C1. The number of aryl methyl sites for hydroxylation is 1. The van der Waals surface area contributed by atoms with Crippen molar-refractivity contribution < 1.29 is 4.42 Å². The number of hydrogen-bond acceptors (Lipinski definition) is 2. The molecule has 1 aromatic heterocycles. The molecule has 2 aromatic carbocycles. The quantitative estimate of drug-likeness (QED) is 0.655. The molecule has 0 fully saturated rings. The van der Waals surface area contributed by atoms with Crippen LogP contribution in [0.25, 0.3) is 11.0 Å². The Morgan fingerprint density at radius 1 is 0.958 bits per heavy atom. The van der Waals surface area contributed by atoms with E-state index in [1.54, 1.807) is 16.7 Å². The molecule has 2 heterocycles. The van der Waals surface area contributed by atoms with Gasteiger partial charge in [0, 0.05) is 30.0 Å². The molecule has 0 radical (unpaired) electrons. The first-order valence-electron chi connectivity index (χ1n) is 9.09. The van der Waals surface area contributed by atoms with Gasteiger partial charge in [0.05, 0.1) is 6.26 Å². The maximum Gasteiger partial charge on any atom is 0.137 e. The van der Waals surface area contributed by atoms with Crippen molar-refractivity contribution in [2.24, 2.45) is 0 Å². The summed E-state index contributed by atoms with van der Waals surface area (Å²) >= 11 is 0. The van der Waals surface area contributed by atoms with Gasteiger partial charge >= 0.3 is 0 Å². The Morgan fingerprint density at radius 2 is 1.92 bits per heavy atom. The molecule has 0 spiro atoms. The summed E-state index contributed by atoms with van der Waals surface area (Å²) in [7, 11) is 2.25. The van der Waals surface area contributed by atoms with Gasteiger partial charge in [0.2, 0.25) is 0 Å². The molecular weight excluding hydrogens is 294 g/mol. The van der Waals surface area contributed by atoms with Crippen molar-refractivity contribution in [1.82, 2.24) is 4.90 Å². The Morgan fingerprint density at radius 3 is 2.88 bits per heavy atom. The van der Waals surface area contributed by atoms with Gasteiger partial charge in [0.25, 0.3) is 0 Å². The lowest BCUT2D eigenvalue weighted by Crippen LogP contribution is -2.24. The lowest BCUT2D eigenvalue weighted by atomic mass is 9.84. The number of benzene rings is 2. The van der Waals surface area contributed by atoms with Gasteiger partial charge in [0.1, 0.15) is 5.58 Å². The number of furan rings is 1. The first-order chi connectivity index (χ1) is 11.8. The van der Waals surface area contributed by atoms with E-state index in [0.717, 1.165) is 18.7 Å². The first kappa shape index (κ1) is 14.3. The molecule has 0 bridgehead atoms. The Balaban J connectivity index is 1.73. The van der Waals surface area contributed by atoms with Crippen LogP contribution in [0.3, 0.4) is 0 Å². The van der Waals surface area contributed by atoms with E-state index in [1.165, 1.54) is 42.2 Å². The number of fused-ring (bicyclic) bond motifs is 4. The van der Waals surface area contributed by atoms with Gasteiger partial charge in [-0.3, -0.25) is 0 Å². The van der Waals surface area contributed by atoms with E-state index >= 15 is 0 Å². The molecule has 24 heavy (non-hydrogen) atoms. The smallest absolute Gasteiger partial charge is 0.137 e. The van der Waals surface area contributed by atoms with Gasteiger partial charge in [0.15, 0.2) is 0 Å². The van der Waals surface area contributed by atoms with E-state index in [9.17, 15) is 0 Å². The summed E-state index contributed by atoms with van der Waals surface area (Å²) in [5.74, 6) is 0.397. The number of para-hydroxylation sites is 1. The van der Waals surface area contributed by atoms with Crippen LogP contribution >= 0.6 is 0 Å². The Kier molecular flexibility index (Phi) is 3.27. The van der Waals surface area contributed by atoms with Crippen LogP contribution < -0.4 is 0 Å². The van der Waals surface area contributed by atoms with Crippen molar-refractivity contribution in [2.45, 2.75) is 31.6 Å². The summed E-state index contributed by atoms with van der Waals surface area (Å²) in [6.45, 7) is 2.21. The molecule has 1 atom stereocenters. The fraction of sp³-hybridized carbons (Fsp3) is 0.364. The zero-order valence-electron chi connectivity index (χ0n) is 14.2. The Labute approximate surface area is 143 Å². The lowest BCUT2D eigenvalue weighted by Gasteiger charge is -2.23. The highest BCUT2D eigenvalue weighted by atomic mass is 16.3. The van der Waals surface area contributed by atoms with Crippen LogP contribution in [0.2, 0.25) is 0 Å². The van der Waals surface area contributed by atoms with Crippen LogP contribution in [0.1, 0.15) is 40.2 Å². The van der Waals surface area contributed by atoms with Crippen LogP contribution in [0, 0.1) is 0 Å². The van der Waals surface area contributed by atoms with Gasteiger partial charge in [-0.1, -0.05) is 30.3 Å². The van der Waals surface area contributed by atoms with E-state index in [-0.39, 0.29) is 0 Å². The maximum absolute atomic E-state index is 5.87. The van der Waals surface area contributed by atoms with Crippen molar-refractivity contribution in [3.8, 4) is 0 Å². The van der Waals surface area contributed by atoms with E-state index in [2.05, 4.69) is 48.3 Å². The largest absolute Gasteiger partial charge is 0.464 e. The third kappa shape index (κ3) is 2.13. The number of rotatable bonds is 1. The maximum atomic E-state index is 5.87. The highest BCUT2D eigenvalue weighted by Gasteiger charge is 2.28. The normalized spacial score (nSPS) is 20.8. The lowest BCUT2D eigenvalue weighted by molar-refractivity contribution is 0.337.